The Balaban J connectivity index is 3.74. The fourth-order valence-electron chi connectivity index (χ4n) is 0.815. The van der Waals surface area contributed by atoms with E-state index in [-0.39, 0.29) is 16.9 Å². The van der Waals surface area contributed by atoms with Gasteiger partial charge in [0.2, 0.25) is 5.91 Å². The fraction of sp³-hybridized carbons (Fsp3) is 0.778. The van der Waals surface area contributed by atoms with Gasteiger partial charge >= 0.3 is 5.97 Å². The highest BCUT2D eigenvalue weighted by Gasteiger charge is 2.17. The van der Waals surface area contributed by atoms with E-state index in [1.54, 1.807) is 14.0 Å². The van der Waals surface area contributed by atoms with Crippen molar-refractivity contribution in [3.05, 3.63) is 0 Å². The van der Waals surface area contributed by atoms with Crippen LogP contribution in [0.25, 0.3) is 0 Å². The Morgan fingerprint density at radius 3 is 2.69 bits per heavy atom. The third-order valence-corrected chi connectivity index (χ3v) is 3.08. The van der Waals surface area contributed by atoms with E-state index >= 15 is 0 Å². The van der Waals surface area contributed by atoms with Crippen LogP contribution in [-0.2, 0) is 14.3 Å². The molecule has 0 spiro atoms. The zero-order valence-corrected chi connectivity index (χ0v) is 10.3. The van der Waals surface area contributed by atoms with E-state index in [9.17, 15) is 9.59 Å². The van der Waals surface area contributed by atoms with Gasteiger partial charge in [-0.1, -0.05) is 0 Å². The van der Waals surface area contributed by atoms with Crippen LogP contribution in [0.15, 0.2) is 0 Å². The van der Waals surface area contributed by atoms with Gasteiger partial charge in [0, 0.05) is 19.4 Å². The highest BCUT2D eigenvalue weighted by Crippen LogP contribution is 2.11. The Hall–Kier alpha value is -0.790. The first-order valence-corrected chi connectivity index (χ1v) is 5.90. The number of carbonyl (C=O) groups excluding carboxylic acids is 1. The van der Waals surface area contributed by atoms with Crippen LogP contribution >= 0.6 is 11.8 Å². The Bertz CT molecular complexity index is 238. The lowest BCUT2D eigenvalue weighted by atomic mass is 10.4. The lowest BCUT2D eigenvalue weighted by Gasteiger charge is -2.13. The van der Waals surface area contributed by atoms with Gasteiger partial charge < -0.3 is 20.9 Å². The Kier molecular flexibility index (Phi) is 7.96. The molecule has 0 fully saturated rings. The van der Waals surface area contributed by atoms with Gasteiger partial charge in [-0.3, -0.25) is 9.59 Å². The molecule has 0 saturated carbocycles. The van der Waals surface area contributed by atoms with Gasteiger partial charge in [-0.05, 0) is 6.92 Å². The molecule has 16 heavy (non-hydrogen) atoms. The van der Waals surface area contributed by atoms with Crippen molar-refractivity contribution in [1.82, 2.24) is 5.32 Å². The number of hydrogen-bond acceptors (Lipinski definition) is 5. The van der Waals surface area contributed by atoms with Crippen molar-refractivity contribution in [3.8, 4) is 0 Å². The number of aliphatic carboxylic acids is 1. The number of hydrogen-bond donors (Lipinski definition) is 3. The van der Waals surface area contributed by atoms with Crippen LogP contribution in [0.4, 0.5) is 0 Å². The van der Waals surface area contributed by atoms with E-state index in [1.807, 2.05) is 0 Å². The molecular weight excluding hydrogens is 232 g/mol. The molecule has 0 aromatic heterocycles. The molecule has 0 aromatic carbocycles. The summed E-state index contributed by atoms with van der Waals surface area (Å²) in [4.78, 5) is 21.9. The highest BCUT2D eigenvalue weighted by molar-refractivity contribution is 8.00. The second-order valence-corrected chi connectivity index (χ2v) is 4.58. The van der Waals surface area contributed by atoms with Gasteiger partial charge in [-0.25, -0.2) is 0 Å². The maximum absolute atomic E-state index is 11.4. The number of ether oxygens (including phenoxy) is 1. The molecule has 0 aliphatic heterocycles. The van der Waals surface area contributed by atoms with Crippen molar-refractivity contribution in [3.63, 3.8) is 0 Å². The predicted molar refractivity (Wildman–Crippen MR) is 62.4 cm³/mol. The fourth-order valence-corrected chi connectivity index (χ4v) is 1.69. The summed E-state index contributed by atoms with van der Waals surface area (Å²) < 4.78 is 4.78. The van der Waals surface area contributed by atoms with E-state index in [1.165, 1.54) is 11.8 Å². The zero-order chi connectivity index (χ0) is 12.6. The summed E-state index contributed by atoms with van der Waals surface area (Å²) in [5, 5.41) is 10.9. The summed E-state index contributed by atoms with van der Waals surface area (Å²) in [6.45, 7) is 2.62. The second kappa shape index (κ2) is 8.37. The molecule has 0 bridgehead atoms. The quantitative estimate of drug-likeness (QED) is 0.492. The van der Waals surface area contributed by atoms with Crippen molar-refractivity contribution in [2.24, 2.45) is 5.73 Å². The largest absolute Gasteiger partial charge is 0.480 e. The zero-order valence-electron chi connectivity index (χ0n) is 9.43. The molecule has 0 aromatic rings. The predicted octanol–water partition coefficient (Wildman–Crippen LogP) is -0.717. The summed E-state index contributed by atoms with van der Waals surface area (Å²) in [5.41, 5.74) is 5.31. The number of carbonyl (C=O) groups is 2. The molecule has 1 amide bonds. The minimum Gasteiger partial charge on any atom is -0.480 e. The third-order valence-electron chi connectivity index (χ3n) is 1.82. The summed E-state index contributed by atoms with van der Waals surface area (Å²) in [7, 11) is 1.55. The number of nitrogens with one attached hydrogen (secondary N) is 1. The maximum Gasteiger partial charge on any atom is 0.321 e. The molecule has 94 valence electrons. The Morgan fingerprint density at radius 2 is 2.19 bits per heavy atom. The van der Waals surface area contributed by atoms with Crippen molar-refractivity contribution in [1.29, 1.82) is 0 Å². The van der Waals surface area contributed by atoms with Gasteiger partial charge in [0.25, 0.3) is 0 Å². The molecule has 0 aliphatic rings. The molecule has 0 saturated heterocycles. The van der Waals surface area contributed by atoms with Crippen LogP contribution in [0.3, 0.4) is 0 Å². The van der Waals surface area contributed by atoms with Crippen molar-refractivity contribution in [2.75, 3.05) is 26.0 Å². The minimum atomic E-state index is -1.06. The van der Waals surface area contributed by atoms with Gasteiger partial charge in [-0.2, -0.15) is 0 Å². The van der Waals surface area contributed by atoms with Crippen LogP contribution in [-0.4, -0.2) is 54.3 Å². The number of nitrogens with two attached hydrogens (primary N) is 1. The molecule has 0 radical (unpaired) electrons. The third kappa shape index (κ3) is 6.65. The van der Waals surface area contributed by atoms with Gasteiger partial charge in [0.1, 0.15) is 6.04 Å². The maximum atomic E-state index is 11.4. The molecule has 0 aliphatic carbocycles. The van der Waals surface area contributed by atoms with Crippen molar-refractivity contribution < 1.29 is 19.4 Å². The first-order chi connectivity index (χ1) is 7.49. The first kappa shape index (κ1) is 15.2. The number of carboxylic acids is 1. The van der Waals surface area contributed by atoms with Crippen LogP contribution in [0.1, 0.15) is 6.92 Å². The normalized spacial score (nSPS) is 14.2. The molecule has 4 N–H and O–H groups in total. The molecule has 6 nitrogen and oxygen atoms in total. The van der Waals surface area contributed by atoms with E-state index in [2.05, 4.69) is 5.32 Å². The number of rotatable bonds is 8. The topological polar surface area (TPSA) is 102 Å². The summed E-state index contributed by atoms with van der Waals surface area (Å²) in [6, 6.07) is -0.931. The summed E-state index contributed by atoms with van der Waals surface area (Å²) in [5.74, 6) is -0.979. The van der Waals surface area contributed by atoms with Crippen LogP contribution in [0.2, 0.25) is 0 Å². The molecule has 2 atom stereocenters. The van der Waals surface area contributed by atoms with Crippen LogP contribution in [0.5, 0.6) is 0 Å². The van der Waals surface area contributed by atoms with E-state index in [4.69, 9.17) is 15.6 Å². The van der Waals surface area contributed by atoms with E-state index in [0.29, 0.717) is 13.2 Å². The highest BCUT2D eigenvalue weighted by atomic mass is 32.2. The van der Waals surface area contributed by atoms with Gasteiger partial charge in [0.05, 0.1) is 11.9 Å². The SMILES string of the molecule is COCCNC(=O)C(C)SCC(N)C(=O)O. The van der Waals surface area contributed by atoms with Gasteiger partial charge in [-0.15, -0.1) is 11.8 Å². The standard InChI is InChI=1S/C9H18N2O4S/c1-6(8(12)11-3-4-15-2)16-5-7(10)9(13)14/h6-7H,3-5,10H2,1-2H3,(H,11,12)(H,13,14). The minimum absolute atomic E-state index is 0.139. The monoisotopic (exact) mass is 250 g/mol. The van der Waals surface area contributed by atoms with Crippen LogP contribution in [0, 0.1) is 0 Å². The lowest BCUT2D eigenvalue weighted by Crippen LogP contribution is -2.36. The Labute approximate surface area is 98.9 Å². The lowest BCUT2D eigenvalue weighted by molar-refractivity contribution is -0.138. The van der Waals surface area contributed by atoms with Crippen molar-refractivity contribution >= 4 is 23.6 Å². The number of amides is 1. The average molecular weight is 250 g/mol. The smallest absolute Gasteiger partial charge is 0.321 e. The molecule has 0 rings (SSSR count). The first-order valence-electron chi connectivity index (χ1n) is 4.85. The summed E-state index contributed by atoms with van der Waals surface area (Å²) >= 11 is 1.22. The molecule has 7 heteroatoms. The Morgan fingerprint density at radius 1 is 1.56 bits per heavy atom. The molecule has 0 heterocycles. The van der Waals surface area contributed by atoms with Crippen molar-refractivity contribution in [2.45, 2.75) is 18.2 Å². The summed E-state index contributed by atoms with van der Waals surface area (Å²) in [6.07, 6.45) is 0. The van der Waals surface area contributed by atoms with E-state index < -0.39 is 12.0 Å². The van der Waals surface area contributed by atoms with E-state index in [0.717, 1.165) is 0 Å². The number of carboxylic acid groups (broad SMARTS) is 1. The molecule has 2 unspecified atom stereocenters. The molecular formula is C9H18N2O4S. The van der Waals surface area contributed by atoms with Gasteiger partial charge in [0.15, 0.2) is 0 Å². The van der Waals surface area contributed by atoms with Crippen LogP contribution < -0.4 is 11.1 Å². The second-order valence-electron chi connectivity index (χ2n) is 3.20. The average Bonchev–Trinajstić information content (AvgIpc) is 2.25. The number of thioether (sulfide) groups is 1. The number of methoxy groups -OCH3 is 1.